The Hall–Kier alpha value is -2.02. The zero-order valence-corrected chi connectivity index (χ0v) is 17.4. The van der Waals surface area contributed by atoms with Gasteiger partial charge in [0.05, 0.1) is 5.75 Å². The van der Waals surface area contributed by atoms with Crippen LogP contribution in [0.4, 0.5) is 0 Å². The Bertz CT molecular complexity index is 794. The molecule has 2 N–H and O–H groups in total. The fourth-order valence-electron chi connectivity index (χ4n) is 3.37. The van der Waals surface area contributed by atoms with Crippen LogP contribution < -0.4 is 5.84 Å². The highest BCUT2D eigenvalue weighted by molar-refractivity contribution is 7.99. The van der Waals surface area contributed by atoms with E-state index in [0.717, 1.165) is 24.9 Å². The van der Waals surface area contributed by atoms with Crippen LogP contribution in [0.5, 0.6) is 0 Å². The molecule has 2 heterocycles. The van der Waals surface area contributed by atoms with Gasteiger partial charge in [-0.05, 0) is 37.2 Å². The monoisotopic (exact) mass is 387 g/mol. The first-order valence-electron chi connectivity index (χ1n) is 9.51. The largest absolute Gasteiger partial charge is 0.339 e. The predicted octanol–water partition coefficient (Wildman–Crippen LogP) is 3.45. The van der Waals surface area contributed by atoms with Crippen LogP contribution in [-0.2, 0) is 10.2 Å². The number of likely N-dealkylation sites (tertiary alicyclic amines) is 1. The van der Waals surface area contributed by atoms with Gasteiger partial charge in [-0.3, -0.25) is 4.79 Å². The Morgan fingerprint density at radius 3 is 2.56 bits per heavy atom. The van der Waals surface area contributed by atoms with Gasteiger partial charge in [0, 0.05) is 18.2 Å². The molecule has 146 valence electrons. The Morgan fingerprint density at radius 1 is 1.22 bits per heavy atom. The second-order valence-corrected chi connectivity index (χ2v) is 9.17. The molecular formula is C20H29N5OS. The summed E-state index contributed by atoms with van der Waals surface area (Å²) in [6, 6.07) is 8.54. The van der Waals surface area contributed by atoms with E-state index in [0.29, 0.717) is 22.8 Å². The number of nitrogen functional groups attached to an aromatic ring is 1. The number of carbonyl (C=O) groups excluding carboxylic acids is 1. The van der Waals surface area contributed by atoms with Gasteiger partial charge in [0.1, 0.15) is 0 Å². The lowest BCUT2D eigenvalue weighted by atomic mass is 9.87. The minimum Gasteiger partial charge on any atom is -0.339 e. The van der Waals surface area contributed by atoms with E-state index in [1.807, 2.05) is 17.0 Å². The molecule has 1 aromatic carbocycles. The van der Waals surface area contributed by atoms with Crippen LogP contribution in [0.1, 0.15) is 52.5 Å². The molecule has 27 heavy (non-hydrogen) atoms. The molecule has 1 atom stereocenters. The molecular weight excluding hydrogens is 358 g/mol. The van der Waals surface area contributed by atoms with Gasteiger partial charge in [-0.25, -0.2) is 4.68 Å². The highest BCUT2D eigenvalue weighted by Gasteiger charge is 2.24. The molecule has 0 aliphatic carbocycles. The standard InChI is InChI=1S/C20H29N5OS/c1-14-7-5-6-12-24(14)17(26)13-27-19-23-22-18(25(19)21)15-8-10-16(11-9-15)20(2,3)4/h8-11,14H,5-7,12-13,21H2,1-4H3/t14-/m0/s1. The van der Waals surface area contributed by atoms with Crippen LogP contribution in [-0.4, -0.2) is 44.0 Å². The Kier molecular flexibility index (Phi) is 5.79. The minimum atomic E-state index is 0.0991. The van der Waals surface area contributed by atoms with Crippen molar-refractivity contribution in [2.45, 2.75) is 63.6 Å². The number of hydrogen-bond donors (Lipinski definition) is 1. The zero-order chi connectivity index (χ0) is 19.6. The quantitative estimate of drug-likeness (QED) is 0.642. The summed E-state index contributed by atoms with van der Waals surface area (Å²) in [7, 11) is 0. The SMILES string of the molecule is C[C@H]1CCCCN1C(=O)CSc1nnc(-c2ccc(C(C)(C)C)cc2)n1N. The topological polar surface area (TPSA) is 77.0 Å². The van der Waals surface area contributed by atoms with Crippen molar-refractivity contribution in [1.82, 2.24) is 19.8 Å². The van der Waals surface area contributed by atoms with E-state index in [-0.39, 0.29) is 11.3 Å². The minimum absolute atomic E-state index is 0.0991. The molecule has 1 fully saturated rings. The van der Waals surface area contributed by atoms with Crippen LogP contribution >= 0.6 is 11.8 Å². The molecule has 0 bridgehead atoms. The lowest BCUT2D eigenvalue weighted by molar-refractivity contribution is -0.131. The lowest BCUT2D eigenvalue weighted by Gasteiger charge is -2.33. The molecule has 0 radical (unpaired) electrons. The molecule has 0 saturated carbocycles. The first-order valence-corrected chi connectivity index (χ1v) is 10.5. The van der Waals surface area contributed by atoms with Crippen molar-refractivity contribution in [2.24, 2.45) is 0 Å². The van der Waals surface area contributed by atoms with Crippen molar-refractivity contribution >= 4 is 17.7 Å². The molecule has 6 nitrogen and oxygen atoms in total. The summed E-state index contributed by atoms with van der Waals surface area (Å²) in [6.45, 7) is 9.51. The van der Waals surface area contributed by atoms with E-state index < -0.39 is 0 Å². The molecule has 7 heteroatoms. The van der Waals surface area contributed by atoms with Gasteiger partial charge in [-0.1, -0.05) is 56.8 Å². The number of piperidine rings is 1. The summed E-state index contributed by atoms with van der Waals surface area (Å²) < 4.78 is 1.48. The molecule has 0 spiro atoms. The van der Waals surface area contributed by atoms with Gasteiger partial charge in [0.25, 0.3) is 0 Å². The van der Waals surface area contributed by atoms with Crippen molar-refractivity contribution in [3.05, 3.63) is 29.8 Å². The summed E-state index contributed by atoms with van der Waals surface area (Å²) in [5.74, 6) is 7.29. The molecule has 3 rings (SSSR count). The fourth-order valence-corrected chi connectivity index (χ4v) is 4.11. The second kappa shape index (κ2) is 7.92. The van der Waals surface area contributed by atoms with E-state index >= 15 is 0 Å². The molecule has 1 saturated heterocycles. The number of nitrogens with zero attached hydrogens (tertiary/aromatic N) is 4. The van der Waals surface area contributed by atoms with E-state index in [9.17, 15) is 4.79 Å². The van der Waals surface area contributed by atoms with Gasteiger partial charge in [0.15, 0.2) is 5.82 Å². The maximum Gasteiger partial charge on any atom is 0.233 e. The van der Waals surface area contributed by atoms with E-state index in [4.69, 9.17) is 5.84 Å². The molecule has 0 unspecified atom stereocenters. The summed E-state index contributed by atoms with van der Waals surface area (Å²) in [5, 5.41) is 8.96. The highest BCUT2D eigenvalue weighted by atomic mass is 32.2. The van der Waals surface area contributed by atoms with Gasteiger partial charge in [-0.15, -0.1) is 10.2 Å². The molecule has 1 aliphatic heterocycles. The van der Waals surface area contributed by atoms with Crippen molar-refractivity contribution in [3.63, 3.8) is 0 Å². The normalized spacial score (nSPS) is 17.9. The third-order valence-electron chi connectivity index (χ3n) is 5.12. The van der Waals surface area contributed by atoms with Crippen molar-refractivity contribution in [2.75, 3.05) is 18.1 Å². The number of amides is 1. The summed E-state index contributed by atoms with van der Waals surface area (Å²) in [5.41, 5.74) is 2.27. The second-order valence-electron chi connectivity index (χ2n) is 8.22. The summed E-state index contributed by atoms with van der Waals surface area (Å²) in [6.07, 6.45) is 3.37. The highest BCUT2D eigenvalue weighted by Crippen LogP contribution is 2.27. The van der Waals surface area contributed by atoms with Gasteiger partial charge >= 0.3 is 0 Å². The van der Waals surface area contributed by atoms with Crippen LogP contribution in [0, 0.1) is 0 Å². The first-order chi connectivity index (χ1) is 12.8. The number of carbonyl (C=O) groups is 1. The maximum atomic E-state index is 12.5. The van der Waals surface area contributed by atoms with Gasteiger partial charge in [-0.2, -0.15) is 0 Å². The Balaban J connectivity index is 1.67. The van der Waals surface area contributed by atoms with Gasteiger partial charge in [0.2, 0.25) is 11.1 Å². The average molecular weight is 388 g/mol. The van der Waals surface area contributed by atoms with Crippen molar-refractivity contribution in [3.8, 4) is 11.4 Å². The van der Waals surface area contributed by atoms with Crippen molar-refractivity contribution < 1.29 is 4.79 Å². The van der Waals surface area contributed by atoms with Crippen molar-refractivity contribution in [1.29, 1.82) is 0 Å². The van der Waals surface area contributed by atoms with Crippen LogP contribution in [0.15, 0.2) is 29.4 Å². The molecule has 1 aliphatic rings. The Labute approximate surface area is 165 Å². The number of benzene rings is 1. The first kappa shape index (κ1) is 19.7. The number of hydrogen-bond acceptors (Lipinski definition) is 5. The Morgan fingerprint density at radius 2 is 1.93 bits per heavy atom. The molecule has 2 aromatic rings. The summed E-state index contributed by atoms with van der Waals surface area (Å²) in [4.78, 5) is 14.5. The lowest BCUT2D eigenvalue weighted by Crippen LogP contribution is -2.43. The van der Waals surface area contributed by atoms with E-state index in [1.165, 1.54) is 28.4 Å². The molecule has 1 amide bonds. The fraction of sp³-hybridized carbons (Fsp3) is 0.550. The van der Waals surface area contributed by atoms with Gasteiger partial charge < -0.3 is 10.7 Å². The van der Waals surface area contributed by atoms with Crippen LogP contribution in [0.25, 0.3) is 11.4 Å². The third-order valence-corrected chi connectivity index (χ3v) is 6.05. The molecule has 1 aromatic heterocycles. The van der Waals surface area contributed by atoms with E-state index in [1.54, 1.807) is 0 Å². The third kappa shape index (κ3) is 4.46. The summed E-state index contributed by atoms with van der Waals surface area (Å²) >= 11 is 1.35. The number of rotatable bonds is 4. The number of aromatic nitrogens is 3. The smallest absolute Gasteiger partial charge is 0.233 e. The van der Waals surface area contributed by atoms with Crippen LogP contribution in [0.2, 0.25) is 0 Å². The average Bonchev–Trinajstić information content (AvgIpc) is 3.00. The maximum absolute atomic E-state index is 12.5. The van der Waals surface area contributed by atoms with E-state index in [2.05, 4.69) is 50.0 Å². The number of thioether (sulfide) groups is 1. The number of nitrogens with two attached hydrogens (primary N) is 1. The predicted molar refractivity (Wildman–Crippen MR) is 110 cm³/mol. The van der Waals surface area contributed by atoms with Crippen LogP contribution in [0.3, 0.4) is 0 Å². The zero-order valence-electron chi connectivity index (χ0n) is 16.6.